The number of rotatable bonds is 6. The summed E-state index contributed by atoms with van der Waals surface area (Å²) >= 11 is 1.40. The van der Waals surface area contributed by atoms with Crippen molar-refractivity contribution in [2.75, 3.05) is 12.8 Å². The highest BCUT2D eigenvalue weighted by molar-refractivity contribution is 7.13. The second-order valence-electron chi connectivity index (χ2n) is 6.41. The highest BCUT2D eigenvalue weighted by Gasteiger charge is 2.27. The fourth-order valence-electron chi connectivity index (χ4n) is 2.64. The largest absolute Gasteiger partial charge is 0.504 e. The first-order valence-corrected chi connectivity index (χ1v) is 9.54. The standard InChI is InChI=1S/C19H18N4O4S/c1-26-15-6-11(4-5-14(15)24)18-22-12(9-28-18)8-27-19(25)13-7-21-17(10-2-3-10)23-16(13)20/h4-7,9-10,24H,2-3,8H2,1H3,(H2,20,21,23). The molecule has 0 radical (unpaired) electrons. The van der Waals surface area contributed by atoms with Crippen molar-refractivity contribution in [3.63, 3.8) is 0 Å². The Bertz CT molecular complexity index is 1030. The van der Waals surface area contributed by atoms with Crippen LogP contribution in [-0.2, 0) is 11.3 Å². The van der Waals surface area contributed by atoms with Crippen LogP contribution in [0.3, 0.4) is 0 Å². The number of carbonyl (C=O) groups is 1. The molecule has 4 rings (SSSR count). The van der Waals surface area contributed by atoms with Gasteiger partial charge in [0, 0.05) is 23.1 Å². The summed E-state index contributed by atoms with van der Waals surface area (Å²) in [6.45, 7) is 0.00830. The lowest BCUT2D eigenvalue weighted by atomic mass is 10.2. The maximum Gasteiger partial charge on any atom is 0.343 e. The van der Waals surface area contributed by atoms with Crippen LogP contribution in [0.15, 0.2) is 29.8 Å². The normalized spacial score (nSPS) is 13.3. The molecule has 3 aromatic rings. The van der Waals surface area contributed by atoms with Gasteiger partial charge in [-0.1, -0.05) is 0 Å². The molecule has 1 aliphatic carbocycles. The third-order valence-corrected chi connectivity index (χ3v) is 5.27. The van der Waals surface area contributed by atoms with Crippen LogP contribution in [-0.4, -0.2) is 33.1 Å². The van der Waals surface area contributed by atoms with Crippen molar-refractivity contribution in [3.05, 3.63) is 46.9 Å². The van der Waals surface area contributed by atoms with Gasteiger partial charge in [0.15, 0.2) is 11.5 Å². The lowest BCUT2D eigenvalue weighted by Gasteiger charge is -2.06. The van der Waals surface area contributed by atoms with Gasteiger partial charge in [-0.05, 0) is 31.0 Å². The molecule has 0 spiro atoms. The number of phenolic OH excluding ortho intramolecular Hbond substituents is 1. The quantitative estimate of drug-likeness (QED) is 0.608. The maximum absolute atomic E-state index is 12.3. The van der Waals surface area contributed by atoms with Gasteiger partial charge in [0.1, 0.15) is 28.8 Å². The van der Waals surface area contributed by atoms with E-state index < -0.39 is 5.97 Å². The second-order valence-corrected chi connectivity index (χ2v) is 7.27. The van der Waals surface area contributed by atoms with E-state index in [1.165, 1.54) is 24.6 Å². The molecule has 2 heterocycles. The predicted octanol–water partition coefficient (Wildman–Crippen LogP) is 3.13. The fourth-order valence-corrected chi connectivity index (χ4v) is 3.44. The number of nitrogen functional groups attached to an aromatic ring is 1. The highest BCUT2D eigenvalue weighted by atomic mass is 32.1. The zero-order valence-electron chi connectivity index (χ0n) is 15.1. The van der Waals surface area contributed by atoms with Crippen LogP contribution < -0.4 is 10.5 Å². The van der Waals surface area contributed by atoms with Crippen LogP contribution in [0.2, 0.25) is 0 Å². The predicted molar refractivity (Wildman–Crippen MR) is 103 cm³/mol. The average Bonchev–Trinajstić information content (AvgIpc) is 3.44. The Morgan fingerprint density at radius 1 is 1.36 bits per heavy atom. The van der Waals surface area contributed by atoms with Gasteiger partial charge in [0.2, 0.25) is 0 Å². The molecule has 9 heteroatoms. The van der Waals surface area contributed by atoms with Crippen LogP contribution in [0.5, 0.6) is 11.5 Å². The van der Waals surface area contributed by atoms with Crippen molar-refractivity contribution in [2.24, 2.45) is 0 Å². The number of nitrogens with two attached hydrogens (primary N) is 1. The van der Waals surface area contributed by atoms with Crippen LogP contribution in [0.25, 0.3) is 10.6 Å². The molecule has 1 fully saturated rings. The lowest BCUT2D eigenvalue weighted by molar-refractivity contribution is 0.0469. The molecule has 1 saturated carbocycles. The third-order valence-electron chi connectivity index (χ3n) is 4.33. The number of aromatic nitrogens is 3. The number of nitrogens with zero attached hydrogens (tertiary/aromatic N) is 3. The Hall–Kier alpha value is -3.20. The number of thiazole rings is 1. The molecular weight excluding hydrogens is 380 g/mol. The number of hydrogen-bond acceptors (Lipinski definition) is 9. The topological polar surface area (TPSA) is 120 Å². The van der Waals surface area contributed by atoms with E-state index in [1.807, 2.05) is 0 Å². The summed E-state index contributed by atoms with van der Waals surface area (Å²) in [5, 5.41) is 12.2. The van der Waals surface area contributed by atoms with E-state index in [4.69, 9.17) is 15.2 Å². The molecule has 3 N–H and O–H groups in total. The monoisotopic (exact) mass is 398 g/mol. The number of benzene rings is 1. The van der Waals surface area contributed by atoms with E-state index in [1.54, 1.807) is 23.6 Å². The van der Waals surface area contributed by atoms with Crippen molar-refractivity contribution in [2.45, 2.75) is 25.4 Å². The second kappa shape index (κ2) is 7.43. The van der Waals surface area contributed by atoms with Crippen LogP contribution in [0.1, 0.15) is 40.6 Å². The van der Waals surface area contributed by atoms with Crippen molar-refractivity contribution in [3.8, 4) is 22.1 Å². The smallest absolute Gasteiger partial charge is 0.343 e. The molecule has 0 saturated heterocycles. The minimum Gasteiger partial charge on any atom is -0.504 e. The summed E-state index contributed by atoms with van der Waals surface area (Å²) in [5.74, 6) is 1.02. The molecule has 2 aromatic heterocycles. The summed E-state index contributed by atoms with van der Waals surface area (Å²) < 4.78 is 10.4. The van der Waals surface area contributed by atoms with Gasteiger partial charge in [-0.2, -0.15) is 0 Å². The number of esters is 1. The highest BCUT2D eigenvalue weighted by Crippen LogP contribution is 2.38. The van der Waals surface area contributed by atoms with Gasteiger partial charge in [0.05, 0.1) is 12.8 Å². The van der Waals surface area contributed by atoms with E-state index in [0.717, 1.165) is 23.4 Å². The van der Waals surface area contributed by atoms with Gasteiger partial charge in [-0.25, -0.2) is 19.7 Å². The summed E-state index contributed by atoms with van der Waals surface area (Å²) in [7, 11) is 1.48. The Labute approximate surface area is 165 Å². The maximum atomic E-state index is 12.3. The average molecular weight is 398 g/mol. The van der Waals surface area contributed by atoms with Crippen molar-refractivity contribution < 1.29 is 19.4 Å². The zero-order chi connectivity index (χ0) is 19.7. The number of hydrogen-bond donors (Lipinski definition) is 2. The van der Waals surface area contributed by atoms with Gasteiger partial charge < -0.3 is 20.3 Å². The van der Waals surface area contributed by atoms with Crippen LogP contribution in [0.4, 0.5) is 5.82 Å². The first-order valence-electron chi connectivity index (χ1n) is 8.66. The molecule has 144 valence electrons. The molecule has 28 heavy (non-hydrogen) atoms. The van der Waals surface area contributed by atoms with E-state index >= 15 is 0 Å². The van der Waals surface area contributed by atoms with Gasteiger partial charge in [-0.15, -0.1) is 11.3 Å². The van der Waals surface area contributed by atoms with Crippen LogP contribution in [0, 0.1) is 0 Å². The van der Waals surface area contributed by atoms with E-state index in [2.05, 4.69) is 15.0 Å². The Morgan fingerprint density at radius 3 is 2.89 bits per heavy atom. The first kappa shape index (κ1) is 18.2. The zero-order valence-corrected chi connectivity index (χ0v) is 15.9. The Balaban J connectivity index is 1.42. The van der Waals surface area contributed by atoms with Gasteiger partial charge in [0.25, 0.3) is 0 Å². The van der Waals surface area contributed by atoms with E-state index in [9.17, 15) is 9.90 Å². The molecule has 0 aliphatic heterocycles. The van der Waals surface area contributed by atoms with Crippen molar-refractivity contribution in [1.82, 2.24) is 15.0 Å². The van der Waals surface area contributed by atoms with E-state index in [-0.39, 0.29) is 23.7 Å². The number of aromatic hydroxyl groups is 1. The molecule has 0 unspecified atom stereocenters. The Kier molecular flexibility index (Phi) is 4.82. The summed E-state index contributed by atoms with van der Waals surface area (Å²) in [6.07, 6.45) is 3.54. The minimum absolute atomic E-state index is 0.00830. The molecule has 1 aliphatic rings. The van der Waals surface area contributed by atoms with Gasteiger partial charge in [-0.3, -0.25) is 0 Å². The molecule has 0 amide bonds. The number of anilines is 1. The number of phenols is 1. The van der Waals surface area contributed by atoms with E-state index in [0.29, 0.717) is 23.2 Å². The molecular formula is C19H18N4O4S. The molecule has 1 aromatic carbocycles. The minimum atomic E-state index is -0.583. The molecule has 0 atom stereocenters. The summed E-state index contributed by atoms with van der Waals surface area (Å²) in [4.78, 5) is 25.1. The first-order chi connectivity index (χ1) is 13.5. The van der Waals surface area contributed by atoms with Crippen LogP contribution >= 0.6 is 11.3 Å². The third kappa shape index (κ3) is 3.74. The summed E-state index contributed by atoms with van der Waals surface area (Å²) in [5.41, 5.74) is 7.44. The molecule has 0 bridgehead atoms. The Morgan fingerprint density at radius 2 is 2.18 bits per heavy atom. The van der Waals surface area contributed by atoms with Crippen molar-refractivity contribution in [1.29, 1.82) is 0 Å². The number of ether oxygens (including phenoxy) is 2. The molecule has 8 nitrogen and oxygen atoms in total. The SMILES string of the molecule is COc1cc(-c2nc(COC(=O)c3cnc(C4CC4)nc3N)cs2)ccc1O. The fraction of sp³-hybridized carbons (Fsp3) is 0.263. The van der Waals surface area contributed by atoms with Gasteiger partial charge >= 0.3 is 5.97 Å². The summed E-state index contributed by atoms with van der Waals surface area (Å²) in [6, 6.07) is 4.98. The number of methoxy groups -OCH3 is 1. The number of carbonyl (C=O) groups excluding carboxylic acids is 1. The lowest BCUT2D eigenvalue weighted by Crippen LogP contribution is -2.11. The van der Waals surface area contributed by atoms with Crippen molar-refractivity contribution >= 4 is 23.1 Å².